The molecule has 5 N–H and O–H groups in total. The van der Waals surface area contributed by atoms with Gasteiger partial charge in [-0.3, -0.25) is 14.7 Å². The zero-order valence-corrected chi connectivity index (χ0v) is 26.5. The van der Waals surface area contributed by atoms with E-state index in [-0.39, 0.29) is 52.8 Å². The van der Waals surface area contributed by atoms with Crippen LogP contribution in [0.4, 0.5) is 14.6 Å². The molecule has 248 valence electrons. The molecule has 0 saturated heterocycles. The molecule has 0 unspecified atom stereocenters. The summed E-state index contributed by atoms with van der Waals surface area (Å²) in [6.45, 7) is 3.42. The summed E-state index contributed by atoms with van der Waals surface area (Å²) in [6, 6.07) is 7.32. The molecule has 0 fully saturated rings. The van der Waals surface area contributed by atoms with Crippen molar-refractivity contribution < 1.29 is 41.4 Å². The number of halogens is 2. The van der Waals surface area contributed by atoms with Gasteiger partial charge >= 0.3 is 5.97 Å². The van der Waals surface area contributed by atoms with Gasteiger partial charge in [0.15, 0.2) is 5.82 Å². The molecular formula is C30H31F2N7O7S. The topological polar surface area (TPSA) is 193 Å². The minimum Gasteiger partial charge on any atom is -0.490 e. The van der Waals surface area contributed by atoms with Crippen molar-refractivity contribution in [1.29, 1.82) is 0 Å². The van der Waals surface area contributed by atoms with Gasteiger partial charge in [0.25, 0.3) is 5.91 Å². The third-order valence-electron chi connectivity index (χ3n) is 7.69. The Balaban J connectivity index is 1.53. The molecule has 2 aromatic carbocycles. The van der Waals surface area contributed by atoms with E-state index in [1.54, 1.807) is 13.8 Å². The van der Waals surface area contributed by atoms with Gasteiger partial charge < -0.3 is 30.4 Å². The van der Waals surface area contributed by atoms with Crippen LogP contribution in [0.15, 0.2) is 53.6 Å². The summed E-state index contributed by atoms with van der Waals surface area (Å²) in [6.07, 6.45) is 1.45. The second kappa shape index (κ2) is 12.2. The first-order chi connectivity index (χ1) is 22.0. The van der Waals surface area contributed by atoms with Crippen LogP contribution >= 0.6 is 0 Å². The van der Waals surface area contributed by atoms with Crippen molar-refractivity contribution in [1.82, 2.24) is 24.0 Å². The molecule has 3 heterocycles. The van der Waals surface area contributed by atoms with Gasteiger partial charge in [-0.15, -0.1) is 0 Å². The van der Waals surface area contributed by atoms with E-state index in [2.05, 4.69) is 15.5 Å². The van der Waals surface area contributed by atoms with Gasteiger partial charge in [-0.2, -0.15) is 9.40 Å². The van der Waals surface area contributed by atoms with Gasteiger partial charge in [0.2, 0.25) is 15.9 Å². The fraction of sp³-hybridized carbons (Fsp3) is 0.267. The number of primary amides is 1. The lowest BCUT2D eigenvalue weighted by atomic mass is 10.0. The Morgan fingerprint density at radius 2 is 1.81 bits per heavy atom. The van der Waals surface area contributed by atoms with Crippen molar-refractivity contribution in [2.75, 3.05) is 32.6 Å². The minimum absolute atomic E-state index is 0.0725. The lowest BCUT2D eigenvalue weighted by molar-refractivity contribution is 0.0687. The van der Waals surface area contributed by atoms with Crippen LogP contribution in [0.25, 0.3) is 5.69 Å². The van der Waals surface area contributed by atoms with Gasteiger partial charge in [0.05, 0.1) is 32.9 Å². The number of carbonyl (C=O) groups excluding carboxylic acids is 2. The number of nitrogens with one attached hydrogen (secondary N) is 2. The quantitative estimate of drug-likeness (QED) is 0.186. The summed E-state index contributed by atoms with van der Waals surface area (Å²) in [7, 11) is -0.794. The number of rotatable bonds is 11. The number of carbonyl (C=O) groups is 3. The van der Waals surface area contributed by atoms with Gasteiger partial charge in [0.1, 0.15) is 29.7 Å². The lowest BCUT2D eigenvalue weighted by Gasteiger charge is -2.30. The van der Waals surface area contributed by atoms with Crippen LogP contribution < -0.4 is 15.8 Å². The van der Waals surface area contributed by atoms with Crippen LogP contribution in [0.3, 0.4) is 0 Å². The predicted molar refractivity (Wildman–Crippen MR) is 164 cm³/mol. The number of aromatic amines is 1. The first-order valence-corrected chi connectivity index (χ1v) is 15.5. The number of hydrogen-bond donors (Lipinski definition) is 4. The summed E-state index contributed by atoms with van der Waals surface area (Å²) >= 11 is 0. The third-order valence-corrected chi connectivity index (χ3v) is 9.69. The van der Waals surface area contributed by atoms with Crippen LogP contribution in [-0.2, 0) is 22.1 Å². The Bertz CT molecular complexity index is 2000. The average Bonchev–Trinajstić information content (AvgIpc) is 3.68. The van der Waals surface area contributed by atoms with Crippen molar-refractivity contribution in [3.63, 3.8) is 0 Å². The second-order valence-corrected chi connectivity index (χ2v) is 13.4. The van der Waals surface area contributed by atoms with E-state index in [0.717, 1.165) is 4.31 Å². The van der Waals surface area contributed by atoms with E-state index in [0.29, 0.717) is 30.4 Å². The number of likely N-dealkylation sites (N-methyl/N-ethyl adjacent to an activating group) is 1. The average molecular weight is 672 g/mol. The highest BCUT2D eigenvalue weighted by Crippen LogP contribution is 2.44. The number of carboxylic acid groups (broad SMARTS) is 1. The van der Waals surface area contributed by atoms with Crippen LogP contribution in [-0.4, -0.2) is 82.5 Å². The fourth-order valence-corrected chi connectivity index (χ4v) is 7.10. The Kier molecular flexibility index (Phi) is 8.65. The summed E-state index contributed by atoms with van der Waals surface area (Å²) in [5.74, 6) is -5.22. The number of fused-ring (bicyclic) bond motifs is 1. The standard InChI is InChI=1S/C30H31F2N7O7S/c1-30(2)25-21(15-39(30)47(44,45)18-11-16(31)10-17(32)12-18)27(36-35-25)34-28(41)20-13-23(38-7-5-6-22(38)29(42)43)24(14-19(20)26(33)40)46-9-8-37(3)4/h5-7,10-14H,8-9,15H2,1-4H3,(H2,33,40)(H,42,43)(H2,34,35,36,41). The number of nitrogens with two attached hydrogens (primary N) is 1. The molecule has 1 aliphatic rings. The number of sulfonamides is 1. The van der Waals surface area contributed by atoms with E-state index in [4.69, 9.17) is 10.5 Å². The lowest BCUT2D eigenvalue weighted by Crippen LogP contribution is -2.40. The summed E-state index contributed by atoms with van der Waals surface area (Å²) in [5.41, 5.74) is 4.46. The molecular weight excluding hydrogens is 640 g/mol. The normalized spacial score (nSPS) is 14.3. The monoisotopic (exact) mass is 671 g/mol. The van der Waals surface area contributed by atoms with Gasteiger partial charge in [-0.1, -0.05) is 0 Å². The SMILES string of the molecule is CN(C)CCOc1cc(C(N)=O)c(C(=O)Nc2n[nH]c3c2CN(S(=O)(=O)c2cc(F)cc(F)c2)C3(C)C)cc1-n1cccc1C(=O)O. The Hall–Kier alpha value is -5.13. The number of hydrogen-bond acceptors (Lipinski definition) is 8. The fourth-order valence-electron chi connectivity index (χ4n) is 5.33. The molecule has 0 aliphatic carbocycles. The van der Waals surface area contributed by atoms with Crippen molar-refractivity contribution in [3.8, 4) is 11.4 Å². The third kappa shape index (κ3) is 6.19. The molecule has 0 atom stereocenters. The van der Waals surface area contributed by atoms with Crippen LogP contribution in [0.1, 0.15) is 56.3 Å². The Morgan fingerprint density at radius 3 is 2.43 bits per heavy atom. The van der Waals surface area contributed by atoms with Crippen molar-refractivity contribution in [2.24, 2.45) is 5.73 Å². The first-order valence-electron chi connectivity index (χ1n) is 14.1. The molecule has 2 aromatic heterocycles. The van der Waals surface area contributed by atoms with Gasteiger partial charge in [0, 0.05) is 30.9 Å². The maximum atomic E-state index is 13.9. The van der Waals surface area contributed by atoms with Crippen LogP contribution in [0, 0.1) is 11.6 Å². The minimum atomic E-state index is -4.44. The number of ether oxygens (including phenoxy) is 1. The number of H-pyrrole nitrogens is 1. The highest BCUT2D eigenvalue weighted by atomic mass is 32.2. The molecule has 14 nitrogen and oxygen atoms in total. The van der Waals surface area contributed by atoms with Crippen LogP contribution in [0.5, 0.6) is 5.75 Å². The Morgan fingerprint density at radius 1 is 1.13 bits per heavy atom. The molecule has 0 spiro atoms. The smallest absolute Gasteiger partial charge is 0.352 e. The van der Waals surface area contributed by atoms with Crippen molar-refractivity contribution >= 4 is 33.6 Å². The largest absolute Gasteiger partial charge is 0.490 e. The second-order valence-electron chi connectivity index (χ2n) is 11.5. The number of amides is 2. The number of carboxylic acids is 1. The van der Waals surface area contributed by atoms with Gasteiger partial charge in [-0.25, -0.2) is 22.0 Å². The summed E-state index contributed by atoms with van der Waals surface area (Å²) < 4.78 is 63.1. The van der Waals surface area contributed by atoms with E-state index in [1.165, 1.54) is 35.0 Å². The van der Waals surface area contributed by atoms with Crippen molar-refractivity contribution in [2.45, 2.75) is 30.8 Å². The number of benzene rings is 2. The number of anilines is 1. The van der Waals surface area contributed by atoms with Crippen LogP contribution in [0.2, 0.25) is 0 Å². The molecule has 4 aromatic rings. The number of aromatic nitrogens is 3. The van der Waals surface area contributed by atoms with Crippen molar-refractivity contribution in [3.05, 3.63) is 88.4 Å². The Labute approximate surface area is 267 Å². The zero-order valence-electron chi connectivity index (χ0n) is 25.7. The molecule has 0 radical (unpaired) electrons. The summed E-state index contributed by atoms with van der Waals surface area (Å²) in [4.78, 5) is 39.5. The zero-order chi connectivity index (χ0) is 34.4. The molecule has 17 heteroatoms. The molecule has 47 heavy (non-hydrogen) atoms. The molecule has 2 amide bonds. The summed E-state index contributed by atoms with van der Waals surface area (Å²) in [5, 5.41) is 19.2. The molecule has 0 saturated carbocycles. The molecule has 0 bridgehead atoms. The van der Waals surface area contributed by atoms with Gasteiger partial charge in [-0.05, 0) is 64.3 Å². The molecule has 5 rings (SSSR count). The number of nitrogens with zero attached hydrogens (tertiary/aromatic N) is 4. The van der Waals surface area contributed by atoms with E-state index < -0.39 is 49.9 Å². The highest BCUT2D eigenvalue weighted by molar-refractivity contribution is 7.89. The van der Waals surface area contributed by atoms with E-state index in [9.17, 15) is 36.7 Å². The molecule has 1 aliphatic heterocycles. The maximum Gasteiger partial charge on any atom is 0.352 e. The van der Waals surface area contributed by atoms with E-state index >= 15 is 0 Å². The highest BCUT2D eigenvalue weighted by Gasteiger charge is 2.48. The van der Waals surface area contributed by atoms with E-state index in [1.807, 2.05) is 19.0 Å². The predicted octanol–water partition coefficient (Wildman–Crippen LogP) is 2.91. The maximum absolute atomic E-state index is 13.9. The first kappa shape index (κ1) is 33.2. The number of aromatic carboxylic acids is 1.